The Morgan fingerprint density at radius 1 is 1.22 bits per heavy atom. The summed E-state index contributed by atoms with van der Waals surface area (Å²) >= 11 is 1.29. The predicted octanol–water partition coefficient (Wildman–Crippen LogP) is 2.58. The van der Waals surface area contributed by atoms with E-state index >= 15 is 0 Å². The van der Waals surface area contributed by atoms with Crippen molar-refractivity contribution in [1.82, 2.24) is 14.8 Å². The highest BCUT2D eigenvalue weighted by Gasteiger charge is 2.21. The highest BCUT2D eigenvalue weighted by Crippen LogP contribution is 2.28. The van der Waals surface area contributed by atoms with Gasteiger partial charge in [-0.3, -0.25) is 9.59 Å². The molecule has 3 rings (SSSR count). The van der Waals surface area contributed by atoms with Gasteiger partial charge < -0.3 is 14.8 Å². The second-order valence-corrected chi connectivity index (χ2v) is 6.47. The van der Waals surface area contributed by atoms with Crippen molar-refractivity contribution in [3.63, 3.8) is 0 Å². The van der Waals surface area contributed by atoms with Crippen LogP contribution in [0.2, 0.25) is 0 Å². The Bertz CT molecular complexity index is 984. The minimum absolute atomic E-state index is 0.328. The third-order valence-corrected chi connectivity index (χ3v) is 4.60. The van der Waals surface area contributed by atoms with Crippen molar-refractivity contribution >= 4 is 22.4 Å². The van der Waals surface area contributed by atoms with E-state index in [1.54, 1.807) is 49.9 Å². The van der Waals surface area contributed by atoms with E-state index in [2.05, 4.69) is 15.4 Å². The molecule has 9 heteroatoms. The first-order valence-electron chi connectivity index (χ1n) is 8.06. The molecule has 27 heavy (non-hydrogen) atoms. The number of anilines is 1. The molecule has 8 nitrogen and oxygen atoms in total. The van der Waals surface area contributed by atoms with E-state index in [1.165, 1.54) is 24.5 Å². The molecule has 0 saturated carbocycles. The van der Waals surface area contributed by atoms with Crippen molar-refractivity contribution in [2.45, 2.75) is 13.0 Å². The van der Waals surface area contributed by atoms with E-state index in [1.807, 2.05) is 0 Å². The number of amides is 1. The number of thiazole rings is 1. The van der Waals surface area contributed by atoms with Gasteiger partial charge in [0.25, 0.3) is 11.5 Å². The summed E-state index contributed by atoms with van der Waals surface area (Å²) in [5.41, 5.74) is 0.744. The van der Waals surface area contributed by atoms with E-state index in [4.69, 9.17) is 9.47 Å². The van der Waals surface area contributed by atoms with Gasteiger partial charge in [-0.15, -0.1) is 11.3 Å². The third kappa shape index (κ3) is 3.98. The van der Waals surface area contributed by atoms with Gasteiger partial charge in [0, 0.05) is 23.2 Å². The third-order valence-electron chi connectivity index (χ3n) is 3.91. The van der Waals surface area contributed by atoms with Crippen molar-refractivity contribution < 1.29 is 14.3 Å². The summed E-state index contributed by atoms with van der Waals surface area (Å²) in [6, 6.07) is 7.66. The van der Waals surface area contributed by atoms with Gasteiger partial charge in [0.05, 0.1) is 14.2 Å². The Morgan fingerprint density at radius 3 is 2.56 bits per heavy atom. The van der Waals surface area contributed by atoms with Crippen LogP contribution >= 0.6 is 11.3 Å². The van der Waals surface area contributed by atoms with E-state index in [9.17, 15) is 9.59 Å². The number of nitrogens with one attached hydrogen (secondary N) is 1. The number of hydrogen-bond acceptors (Lipinski definition) is 7. The first kappa shape index (κ1) is 18.6. The summed E-state index contributed by atoms with van der Waals surface area (Å²) in [6.45, 7) is 1.60. The zero-order chi connectivity index (χ0) is 19.4. The van der Waals surface area contributed by atoms with Crippen LogP contribution in [0.4, 0.5) is 5.13 Å². The maximum atomic E-state index is 12.5. The fourth-order valence-electron chi connectivity index (χ4n) is 2.44. The quantitative estimate of drug-likeness (QED) is 0.700. The average molecular weight is 386 g/mol. The second kappa shape index (κ2) is 8.00. The number of rotatable bonds is 6. The Hall–Kier alpha value is -3.20. The second-order valence-electron chi connectivity index (χ2n) is 5.58. The lowest BCUT2D eigenvalue weighted by molar-refractivity contribution is -0.119. The standard InChI is InChI=1S/C18H18N4O4S/c1-11(17(24)20-18-19-8-9-27-18)22-15(23)10-14(26-3)16(21-22)12-4-6-13(25-2)7-5-12/h4-11H,1-3H3,(H,19,20,24)/t11-/m0/s1. The molecule has 1 N–H and O–H groups in total. The van der Waals surface area contributed by atoms with Gasteiger partial charge in [-0.1, -0.05) is 0 Å². The van der Waals surface area contributed by atoms with Gasteiger partial charge in [0.2, 0.25) is 0 Å². The monoisotopic (exact) mass is 386 g/mol. The number of benzene rings is 1. The molecule has 0 aliphatic carbocycles. The first-order chi connectivity index (χ1) is 13.0. The number of nitrogens with zero attached hydrogens (tertiary/aromatic N) is 3. The molecule has 1 atom stereocenters. The van der Waals surface area contributed by atoms with Crippen molar-refractivity contribution in [1.29, 1.82) is 0 Å². The summed E-state index contributed by atoms with van der Waals surface area (Å²) in [5.74, 6) is 0.640. The maximum Gasteiger partial charge on any atom is 0.271 e. The van der Waals surface area contributed by atoms with Crippen molar-refractivity contribution in [2.75, 3.05) is 19.5 Å². The summed E-state index contributed by atoms with van der Waals surface area (Å²) in [7, 11) is 3.04. The molecule has 0 saturated heterocycles. The molecule has 3 aromatic rings. The molecule has 2 heterocycles. The van der Waals surface area contributed by atoms with Crippen LogP contribution in [0.5, 0.6) is 11.5 Å². The Balaban J connectivity index is 1.97. The number of methoxy groups -OCH3 is 2. The number of carbonyl (C=O) groups excluding carboxylic acids is 1. The predicted molar refractivity (Wildman–Crippen MR) is 102 cm³/mol. The molecule has 0 aliphatic rings. The molecule has 0 fully saturated rings. The minimum Gasteiger partial charge on any atom is -0.497 e. The van der Waals surface area contributed by atoms with Crippen LogP contribution < -0.4 is 20.3 Å². The fraction of sp³-hybridized carbons (Fsp3) is 0.222. The normalized spacial score (nSPS) is 11.7. The molecule has 0 spiro atoms. The molecular weight excluding hydrogens is 368 g/mol. The summed E-state index contributed by atoms with van der Waals surface area (Å²) < 4.78 is 11.6. The summed E-state index contributed by atoms with van der Waals surface area (Å²) in [6.07, 6.45) is 1.59. The first-order valence-corrected chi connectivity index (χ1v) is 8.94. The molecule has 0 bridgehead atoms. The average Bonchev–Trinajstić information content (AvgIpc) is 3.20. The van der Waals surface area contributed by atoms with Crippen LogP contribution in [0.25, 0.3) is 11.3 Å². The smallest absolute Gasteiger partial charge is 0.271 e. The fourth-order valence-corrected chi connectivity index (χ4v) is 2.97. The Labute approximate surface area is 159 Å². The maximum absolute atomic E-state index is 12.5. The van der Waals surface area contributed by atoms with Crippen LogP contribution in [0.15, 0.2) is 46.7 Å². The SMILES string of the molecule is COc1ccc(-c2nn([C@@H](C)C(=O)Nc3nccs3)c(=O)cc2OC)cc1. The van der Waals surface area contributed by atoms with Gasteiger partial charge in [-0.2, -0.15) is 5.10 Å². The number of hydrogen-bond donors (Lipinski definition) is 1. The highest BCUT2D eigenvalue weighted by atomic mass is 32.1. The lowest BCUT2D eigenvalue weighted by Crippen LogP contribution is -2.33. The van der Waals surface area contributed by atoms with E-state index < -0.39 is 11.6 Å². The van der Waals surface area contributed by atoms with Crippen LogP contribution in [0, 0.1) is 0 Å². The number of carbonyl (C=O) groups is 1. The molecule has 0 radical (unpaired) electrons. The summed E-state index contributed by atoms with van der Waals surface area (Å²) in [5, 5.41) is 9.26. The lowest BCUT2D eigenvalue weighted by atomic mass is 10.1. The van der Waals surface area contributed by atoms with Crippen molar-refractivity contribution in [2.24, 2.45) is 0 Å². The highest BCUT2D eigenvalue weighted by molar-refractivity contribution is 7.13. The topological polar surface area (TPSA) is 95.3 Å². The molecule has 2 aromatic heterocycles. The number of aromatic nitrogens is 3. The van der Waals surface area contributed by atoms with Gasteiger partial charge in [-0.05, 0) is 31.2 Å². The Kier molecular flexibility index (Phi) is 5.51. The van der Waals surface area contributed by atoms with Crippen LogP contribution in [0.3, 0.4) is 0 Å². The van der Waals surface area contributed by atoms with Crippen LogP contribution in [-0.2, 0) is 4.79 Å². The van der Waals surface area contributed by atoms with Gasteiger partial charge >= 0.3 is 0 Å². The molecular formula is C18H18N4O4S. The lowest BCUT2D eigenvalue weighted by Gasteiger charge is -2.16. The van der Waals surface area contributed by atoms with Gasteiger partial charge in [-0.25, -0.2) is 9.67 Å². The van der Waals surface area contributed by atoms with Gasteiger partial charge in [0.15, 0.2) is 10.9 Å². The summed E-state index contributed by atoms with van der Waals surface area (Å²) in [4.78, 5) is 28.9. The molecule has 140 valence electrons. The zero-order valence-corrected chi connectivity index (χ0v) is 15.8. The largest absolute Gasteiger partial charge is 0.497 e. The van der Waals surface area contributed by atoms with E-state index in [0.717, 1.165) is 10.2 Å². The molecule has 1 amide bonds. The van der Waals surface area contributed by atoms with Crippen molar-refractivity contribution in [3.05, 3.63) is 52.3 Å². The minimum atomic E-state index is -0.829. The van der Waals surface area contributed by atoms with Crippen LogP contribution in [-0.4, -0.2) is 34.9 Å². The van der Waals surface area contributed by atoms with Gasteiger partial charge in [0.1, 0.15) is 17.5 Å². The number of ether oxygens (including phenoxy) is 2. The van der Waals surface area contributed by atoms with Crippen LogP contribution in [0.1, 0.15) is 13.0 Å². The Morgan fingerprint density at radius 2 is 1.96 bits per heavy atom. The molecule has 0 aliphatic heterocycles. The van der Waals surface area contributed by atoms with E-state index in [-0.39, 0.29) is 5.91 Å². The zero-order valence-electron chi connectivity index (χ0n) is 15.0. The van der Waals surface area contributed by atoms with Crippen molar-refractivity contribution in [3.8, 4) is 22.8 Å². The van der Waals surface area contributed by atoms with E-state index in [0.29, 0.717) is 22.3 Å². The molecule has 0 unspecified atom stereocenters. The molecule has 1 aromatic carbocycles.